The SMILES string of the molecule is CC1(O)C=CC=C(O)C1O. The molecule has 1 aliphatic rings. The Morgan fingerprint density at radius 2 is 2.20 bits per heavy atom. The molecule has 2 atom stereocenters. The maximum absolute atomic E-state index is 9.28. The fourth-order valence-electron chi connectivity index (χ4n) is 0.823. The minimum Gasteiger partial charge on any atom is -0.509 e. The molecule has 3 heteroatoms. The van der Waals surface area contributed by atoms with Crippen molar-refractivity contribution in [3.05, 3.63) is 24.0 Å². The van der Waals surface area contributed by atoms with Crippen LogP contribution >= 0.6 is 0 Å². The van der Waals surface area contributed by atoms with Gasteiger partial charge in [-0.3, -0.25) is 0 Å². The Balaban J connectivity index is 2.89. The maximum atomic E-state index is 9.28. The van der Waals surface area contributed by atoms with E-state index in [2.05, 4.69) is 0 Å². The summed E-state index contributed by atoms with van der Waals surface area (Å²) in [4.78, 5) is 0. The zero-order valence-electron chi connectivity index (χ0n) is 5.65. The Hall–Kier alpha value is -0.800. The van der Waals surface area contributed by atoms with Crippen LogP contribution in [0, 0.1) is 0 Å². The predicted molar refractivity (Wildman–Crippen MR) is 36.5 cm³/mol. The Morgan fingerprint density at radius 1 is 1.60 bits per heavy atom. The van der Waals surface area contributed by atoms with Crippen LogP contribution < -0.4 is 0 Å². The van der Waals surface area contributed by atoms with Gasteiger partial charge in [-0.25, -0.2) is 0 Å². The lowest BCUT2D eigenvalue weighted by Gasteiger charge is -2.27. The number of aliphatic hydroxyl groups is 3. The zero-order chi connectivity index (χ0) is 7.78. The summed E-state index contributed by atoms with van der Waals surface area (Å²) in [5.41, 5.74) is -1.33. The van der Waals surface area contributed by atoms with Crippen molar-refractivity contribution < 1.29 is 15.3 Å². The molecule has 0 radical (unpaired) electrons. The van der Waals surface area contributed by atoms with Crippen molar-refractivity contribution >= 4 is 0 Å². The highest BCUT2D eigenvalue weighted by Gasteiger charge is 2.32. The molecule has 0 spiro atoms. The molecule has 0 heterocycles. The molecule has 0 amide bonds. The summed E-state index contributed by atoms with van der Waals surface area (Å²) in [5.74, 6) is -0.201. The van der Waals surface area contributed by atoms with Gasteiger partial charge >= 0.3 is 0 Å². The van der Waals surface area contributed by atoms with E-state index in [4.69, 9.17) is 10.2 Å². The summed E-state index contributed by atoms with van der Waals surface area (Å²) in [7, 11) is 0. The standard InChI is InChI=1S/C7H10O3/c1-7(10)4-2-3-5(8)6(7)9/h2-4,6,8-10H,1H3. The Bertz CT molecular complexity index is 191. The van der Waals surface area contributed by atoms with Crippen molar-refractivity contribution in [2.45, 2.75) is 18.6 Å². The molecule has 0 aromatic heterocycles. The summed E-state index contributed by atoms with van der Waals surface area (Å²) in [6.07, 6.45) is 3.08. The van der Waals surface area contributed by atoms with Gasteiger partial charge in [0, 0.05) is 0 Å². The lowest BCUT2D eigenvalue weighted by atomic mass is 9.93. The molecule has 0 aliphatic heterocycles. The lowest BCUT2D eigenvalue weighted by Crippen LogP contribution is -2.39. The van der Waals surface area contributed by atoms with Gasteiger partial charge in [0.1, 0.15) is 17.5 Å². The molecule has 0 aromatic rings. The van der Waals surface area contributed by atoms with Gasteiger partial charge in [0.2, 0.25) is 0 Å². The molecule has 56 valence electrons. The van der Waals surface area contributed by atoms with E-state index in [1.807, 2.05) is 0 Å². The largest absolute Gasteiger partial charge is 0.509 e. The Labute approximate surface area is 58.9 Å². The smallest absolute Gasteiger partial charge is 0.143 e. The second-order valence-corrected chi connectivity index (χ2v) is 2.58. The molecule has 1 aliphatic carbocycles. The van der Waals surface area contributed by atoms with Crippen LogP contribution in [0.4, 0.5) is 0 Å². The number of aliphatic hydroxyl groups excluding tert-OH is 2. The Kier molecular flexibility index (Phi) is 1.54. The van der Waals surface area contributed by atoms with Crippen molar-refractivity contribution in [1.29, 1.82) is 0 Å². The second kappa shape index (κ2) is 2.11. The first kappa shape index (κ1) is 7.31. The molecule has 2 unspecified atom stereocenters. The van der Waals surface area contributed by atoms with E-state index >= 15 is 0 Å². The molecule has 0 bridgehead atoms. The van der Waals surface area contributed by atoms with Crippen molar-refractivity contribution in [3.8, 4) is 0 Å². The molecule has 0 saturated carbocycles. The molecule has 3 N–H and O–H groups in total. The van der Waals surface area contributed by atoms with Crippen molar-refractivity contribution in [1.82, 2.24) is 0 Å². The first-order valence-corrected chi connectivity index (χ1v) is 3.03. The monoisotopic (exact) mass is 142 g/mol. The van der Waals surface area contributed by atoms with Gasteiger partial charge in [-0.1, -0.05) is 12.2 Å². The second-order valence-electron chi connectivity index (χ2n) is 2.58. The highest BCUT2D eigenvalue weighted by molar-refractivity contribution is 5.24. The minimum atomic E-state index is -1.33. The lowest BCUT2D eigenvalue weighted by molar-refractivity contribution is -0.0267. The molecular weight excluding hydrogens is 132 g/mol. The average Bonchev–Trinajstić information content (AvgIpc) is 1.83. The van der Waals surface area contributed by atoms with E-state index in [9.17, 15) is 5.11 Å². The van der Waals surface area contributed by atoms with Crippen LogP contribution in [-0.2, 0) is 0 Å². The van der Waals surface area contributed by atoms with E-state index in [0.29, 0.717) is 0 Å². The number of allylic oxidation sites excluding steroid dienone is 2. The van der Waals surface area contributed by atoms with E-state index in [0.717, 1.165) is 0 Å². The molecule has 0 fully saturated rings. The first-order valence-electron chi connectivity index (χ1n) is 3.03. The summed E-state index contributed by atoms with van der Waals surface area (Å²) in [6, 6.07) is 0. The fraction of sp³-hybridized carbons (Fsp3) is 0.429. The zero-order valence-corrected chi connectivity index (χ0v) is 5.65. The van der Waals surface area contributed by atoms with Crippen molar-refractivity contribution in [2.75, 3.05) is 0 Å². The van der Waals surface area contributed by atoms with Crippen molar-refractivity contribution in [3.63, 3.8) is 0 Å². The number of hydrogen-bond donors (Lipinski definition) is 3. The van der Waals surface area contributed by atoms with Crippen LogP contribution in [0.25, 0.3) is 0 Å². The van der Waals surface area contributed by atoms with E-state index in [1.54, 1.807) is 0 Å². The van der Waals surface area contributed by atoms with E-state index in [-0.39, 0.29) is 5.76 Å². The summed E-state index contributed by atoms with van der Waals surface area (Å²) in [6.45, 7) is 1.43. The van der Waals surface area contributed by atoms with Crippen LogP contribution in [0.2, 0.25) is 0 Å². The van der Waals surface area contributed by atoms with Gasteiger partial charge in [0.25, 0.3) is 0 Å². The minimum absolute atomic E-state index is 0.201. The van der Waals surface area contributed by atoms with Crippen LogP contribution in [0.15, 0.2) is 24.0 Å². The number of hydrogen-bond acceptors (Lipinski definition) is 3. The van der Waals surface area contributed by atoms with E-state index in [1.165, 1.54) is 25.2 Å². The summed E-state index contributed by atoms with van der Waals surface area (Å²) < 4.78 is 0. The molecule has 10 heavy (non-hydrogen) atoms. The normalized spacial score (nSPS) is 39.5. The molecule has 1 rings (SSSR count). The molecule has 0 saturated heterocycles. The van der Waals surface area contributed by atoms with Gasteiger partial charge in [0.15, 0.2) is 0 Å². The highest BCUT2D eigenvalue weighted by atomic mass is 16.4. The third kappa shape index (κ3) is 1.05. The third-order valence-electron chi connectivity index (χ3n) is 1.53. The molecular formula is C7H10O3. The highest BCUT2D eigenvalue weighted by Crippen LogP contribution is 2.20. The fourth-order valence-corrected chi connectivity index (χ4v) is 0.823. The molecule has 3 nitrogen and oxygen atoms in total. The third-order valence-corrected chi connectivity index (χ3v) is 1.53. The number of rotatable bonds is 0. The van der Waals surface area contributed by atoms with Crippen molar-refractivity contribution in [2.24, 2.45) is 0 Å². The van der Waals surface area contributed by atoms with Crippen LogP contribution in [0.1, 0.15) is 6.92 Å². The summed E-state index contributed by atoms with van der Waals surface area (Å²) in [5, 5.41) is 27.3. The van der Waals surface area contributed by atoms with Gasteiger partial charge < -0.3 is 15.3 Å². The summed E-state index contributed by atoms with van der Waals surface area (Å²) >= 11 is 0. The van der Waals surface area contributed by atoms with Crippen LogP contribution in [0.5, 0.6) is 0 Å². The van der Waals surface area contributed by atoms with Gasteiger partial charge in [-0.2, -0.15) is 0 Å². The van der Waals surface area contributed by atoms with Gasteiger partial charge in [-0.15, -0.1) is 0 Å². The predicted octanol–water partition coefficient (Wildman–Crippen LogP) is 0.110. The quantitative estimate of drug-likeness (QED) is 0.450. The van der Waals surface area contributed by atoms with Gasteiger partial charge in [-0.05, 0) is 13.0 Å². The topological polar surface area (TPSA) is 60.7 Å². The Morgan fingerprint density at radius 3 is 2.60 bits per heavy atom. The van der Waals surface area contributed by atoms with Crippen LogP contribution in [0.3, 0.4) is 0 Å². The maximum Gasteiger partial charge on any atom is 0.143 e. The molecule has 0 aromatic carbocycles. The first-order chi connectivity index (χ1) is 4.54. The van der Waals surface area contributed by atoms with Gasteiger partial charge in [0.05, 0.1) is 0 Å². The van der Waals surface area contributed by atoms with Crippen LogP contribution in [-0.4, -0.2) is 27.0 Å². The van der Waals surface area contributed by atoms with E-state index < -0.39 is 11.7 Å². The average molecular weight is 142 g/mol.